The number of amides is 1. The zero-order chi connectivity index (χ0) is 22.7. The number of hydrogen-bond acceptors (Lipinski definition) is 5. The molecule has 0 radical (unpaired) electrons. The van der Waals surface area contributed by atoms with Gasteiger partial charge in [0.15, 0.2) is 11.5 Å². The highest BCUT2D eigenvalue weighted by Crippen LogP contribution is 2.32. The van der Waals surface area contributed by atoms with E-state index in [2.05, 4.69) is 15.0 Å². The van der Waals surface area contributed by atoms with Crippen molar-refractivity contribution in [1.82, 2.24) is 19.9 Å². The van der Waals surface area contributed by atoms with E-state index in [1.807, 2.05) is 0 Å². The third-order valence-corrected chi connectivity index (χ3v) is 5.15. The van der Waals surface area contributed by atoms with Crippen LogP contribution in [-0.2, 0) is 6.18 Å². The van der Waals surface area contributed by atoms with Crippen LogP contribution in [0.1, 0.15) is 22.5 Å². The summed E-state index contributed by atoms with van der Waals surface area (Å²) in [6.07, 6.45) is -1.23. The van der Waals surface area contributed by atoms with Crippen molar-refractivity contribution in [2.24, 2.45) is 0 Å². The molecule has 0 aliphatic carbocycles. The van der Waals surface area contributed by atoms with Gasteiger partial charge < -0.3 is 9.80 Å². The second-order valence-corrected chi connectivity index (χ2v) is 7.28. The van der Waals surface area contributed by atoms with Crippen molar-refractivity contribution in [2.75, 3.05) is 31.1 Å². The van der Waals surface area contributed by atoms with Crippen molar-refractivity contribution in [2.45, 2.75) is 12.6 Å². The molecular formula is C22H19F4N5O. The standard InChI is InChI=1S/C22H19F4N5O/c23-17-5-2-1-4-16(17)21(32)31-11-3-10-30(12-13-31)19-14-18(22(24,25)26)28-20(29-19)15-6-8-27-9-7-15/h1-2,4-9,14H,3,10-13H2. The van der Waals surface area contributed by atoms with E-state index in [-0.39, 0.29) is 30.3 Å². The summed E-state index contributed by atoms with van der Waals surface area (Å²) < 4.78 is 54.5. The molecule has 2 aromatic heterocycles. The number of aromatic nitrogens is 3. The molecule has 4 rings (SSSR count). The molecule has 3 heterocycles. The maximum Gasteiger partial charge on any atom is 0.433 e. The summed E-state index contributed by atoms with van der Waals surface area (Å²) in [5, 5.41) is 0. The smallest absolute Gasteiger partial charge is 0.355 e. The van der Waals surface area contributed by atoms with Gasteiger partial charge in [0.2, 0.25) is 0 Å². The van der Waals surface area contributed by atoms with Crippen LogP contribution in [-0.4, -0.2) is 51.9 Å². The molecule has 1 amide bonds. The zero-order valence-corrected chi connectivity index (χ0v) is 16.9. The summed E-state index contributed by atoms with van der Waals surface area (Å²) in [4.78, 5) is 27.8. The molecule has 0 bridgehead atoms. The Bertz CT molecular complexity index is 1110. The summed E-state index contributed by atoms with van der Waals surface area (Å²) in [6, 6.07) is 9.72. The molecule has 1 aliphatic rings. The first-order valence-electron chi connectivity index (χ1n) is 9.98. The van der Waals surface area contributed by atoms with Gasteiger partial charge in [-0.15, -0.1) is 0 Å². The fraction of sp³-hybridized carbons (Fsp3) is 0.273. The lowest BCUT2D eigenvalue weighted by Crippen LogP contribution is -2.36. The van der Waals surface area contributed by atoms with Crippen LogP contribution in [0, 0.1) is 5.82 Å². The van der Waals surface area contributed by atoms with Gasteiger partial charge in [0.25, 0.3) is 5.91 Å². The first kappa shape index (κ1) is 21.7. The van der Waals surface area contributed by atoms with Crippen LogP contribution in [0.2, 0.25) is 0 Å². The first-order valence-corrected chi connectivity index (χ1v) is 9.98. The number of carbonyl (C=O) groups excluding carboxylic acids is 1. The predicted molar refractivity (Wildman–Crippen MR) is 109 cm³/mol. The number of anilines is 1. The van der Waals surface area contributed by atoms with Gasteiger partial charge in [0.1, 0.15) is 11.6 Å². The predicted octanol–water partition coefficient (Wildman–Crippen LogP) is 4.05. The van der Waals surface area contributed by atoms with Crippen molar-refractivity contribution < 1.29 is 22.4 Å². The van der Waals surface area contributed by atoms with Crippen molar-refractivity contribution in [3.8, 4) is 11.4 Å². The highest BCUT2D eigenvalue weighted by Gasteiger charge is 2.34. The highest BCUT2D eigenvalue weighted by molar-refractivity contribution is 5.94. The molecular weight excluding hydrogens is 426 g/mol. The number of alkyl halides is 3. The van der Waals surface area contributed by atoms with Crippen LogP contribution in [0.3, 0.4) is 0 Å². The third-order valence-electron chi connectivity index (χ3n) is 5.15. The summed E-state index contributed by atoms with van der Waals surface area (Å²) in [7, 11) is 0. The van der Waals surface area contributed by atoms with Crippen LogP contribution < -0.4 is 4.90 Å². The highest BCUT2D eigenvalue weighted by atomic mass is 19.4. The Labute approximate surface area is 181 Å². The quantitative estimate of drug-likeness (QED) is 0.570. The lowest BCUT2D eigenvalue weighted by molar-refractivity contribution is -0.141. The molecule has 1 fully saturated rings. The van der Waals surface area contributed by atoms with Crippen molar-refractivity contribution in [3.05, 3.63) is 71.9 Å². The Balaban J connectivity index is 1.60. The van der Waals surface area contributed by atoms with Crippen LogP contribution in [0.4, 0.5) is 23.4 Å². The Hall–Kier alpha value is -3.56. The number of hydrogen-bond donors (Lipinski definition) is 0. The first-order chi connectivity index (χ1) is 15.3. The molecule has 3 aromatic rings. The Morgan fingerprint density at radius 1 is 0.938 bits per heavy atom. The summed E-state index contributed by atoms with van der Waals surface area (Å²) in [5.74, 6) is -0.979. The molecule has 6 nitrogen and oxygen atoms in total. The van der Waals surface area contributed by atoms with E-state index in [1.165, 1.54) is 47.6 Å². The molecule has 0 unspecified atom stereocenters. The summed E-state index contributed by atoms with van der Waals surface area (Å²) in [5.41, 5.74) is -0.654. The van der Waals surface area contributed by atoms with Crippen LogP contribution in [0.5, 0.6) is 0 Å². The van der Waals surface area contributed by atoms with E-state index in [1.54, 1.807) is 11.0 Å². The fourth-order valence-electron chi connectivity index (χ4n) is 3.53. The number of carbonyl (C=O) groups is 1. The van der Waals surface area contributed by atoms with E-state index < -0.39 is 23.6 Å². The maximum atomic E-state index is 14.0. The average molecular weight is 445 g/mol. The summed E-state index contributed by atoms with van der Waals surface area (Å²) in [6.45, 7) is 1.23. The number of halogens is 4. The molecule has 0 N–H and O–H groups in total. The molecule has 166 valence electrons. The summed E-state index contributed by atoms with van der Waals surface area (Å²) >= 11 is 0. The SMILES string of the molecule is O=C(c1ccccc1F)N1CCCN(c2cc(C(F)(F)F)nc(-c3ccncc3)n2)CC1. The minimum atomic E-state index is -4.64. The van der Waals surface area contributed by atoms with Gasteiger partial charge in [-0.05, 0) is 30.7 Å². The van der Waals surface area contributed by atoms with Gasteiger partial charge in [0.05, 0.1) is 5.56 Å². The molecule has 1 saturated heterocycles. The lowest BCUT2D eigenvalue weighted by Gasteiger charge is -2.24. The number of pyridine rings is 1. The van der Waals surface area contributed by atoms with Crippen molar-refractivity contribution >= 4 is 11.7 Å². The minimum absolute atomic E-state index is 0.0256. The largest absolute Gasteiger partial charge is 0.433 e. The number of nitrogens with zero attached hydrogens (tertiary/aromatic N) is 5. The van der Waals surface area contributed by atoms with Crippen LogP contribution in [0.15, 0.2) is 54.9 Å². The lowest BCUT2D eigenvalue weighted by atomic mass is 10.2. The van der Waals surface area contributed by atoms with Gasteiger partial charge >= 0.3 is 6.18 Å². The van der Waals surface area contributed by atoms with Gasteiger partial charge in [-0.25, -0.2) is 14.4 Å². The molecule has 0 atom stereocenters. The monoisotopic (exact) mass is 445 g/mol. The molecule has 32 heavy (non-hydrogen) atoms. The normalized spacial score (nSPS) is 14.9. The fourth-order valence-corrected chi connectivity index (χ4v) is 3.53. The van der Waals surface area contributed by atoms with E-state index in [0.29, 0.717) is 25.1 Å². The maximum absolute atomic E-state index is 14.0. The molecule has 0 saturated carbocycles. The average Bonchev–Trinajstić information content (AvgIpc) is 3.05. The Morgan fingerprint density at radius 3 is 2.41 bits per heavy atom. The van der Waals surface area contributed by atoms with Gasteiger partial charge in [-0.3, -0.25) is 9.78 Å². The van der Waals surface area contributed by atoms with Gasteiger partial charge in [-0.1, -0.05) is 12.1 Å². The van der Waals surface area contributed by atoms with E-state index in [4.69, 9.17) is 0 Å². The molecule has 1 aromatic carbocycles. The molecule has 0 spiro atoms. The molecule has 10 heteroatoms. The van der Waals surface area contributed by atoms with Crippen LogP contribution >= 0.6 is 0 Å². The second kappa shape index (κ2) is 8.89. The second-order valence-electron chi connectivity index (χ2n) is 7.28. The van der Waals surface area contributed by atoms with Gasteiger partial charge in [0, 0.05) is 50.2 Å². The zero-order valence-electron chi connectivity index (χ0n) is 16.9. The third kappa shape index (κ3) is 4.68. The van der Waals surface area contributed by atoms with E-state index in [9.17, 15) is 22.4 Å². The molecule has 1 aliphatic heterocycles. The number of rotatable bonds is 3. The minimum Gasteiger partial charge on any atom is -0.355 e. The van der Waals surface area contributed by atoms with E-state index in [0.717, 1.165) is 6.07 Å². The number of benzene rings is 1. The van der Waals surface area contributed by atoms with Crippen molar-refractivity contribution in [1.29, 1.82) is 0 Å². The topological polar surface area (TPSA) is 62.2 Å². The van der Waals surface area contributed by atoms with Gasteiger partial charge in [-0.2, -0.15) is 13.2 Å². The Kier molecular flexibility index (Phi) is 6.02. The van der Waals surface area contributed by atoms with E-state index >= 15 is 0 Å². The van der Waals surface area contributed by atoms with Crippen molar-refractivity contribution in [3.63, 3.8) is 0 Å². The Morgan fingerprint density at radius 2 is 1.69 bits per heavy atom. The van der Waals surface area contributed by atoms with Crippen LogP contribution in [0.25, 0.3) is 11.4 Å².